The summed E-state index contributed by atoms with van der Waals surface area (Å²) in [6, 6.07) is 3.56. The maximum absolute atomic E-state index is 13.6. The quantitative estimate of drug-likeness (QED) is 0.868. The van der Waals surface area contributed by atoms with E-state index >= 15 is 0 Å². The van der Waals surface area contributed by atoms with Gasteiger partial charge in [-0.3, -0.25) is 4.79 Å². The van der Waals surface area contributed by atoms with Gasteiger partial charge in [0.25, 0.3) is 0 Å². The van der Waals surface area contributed by atoms with Gasteiger partial charge in [0.15, 0.2) is 0 Å². The van der Waals surface area contributed by atoms with Crippen molar-refractivity contribution in [2.45, 2.75) is 34.9 Å². The Morgan fingerprint density at radius 3 is 2.85 bits per heavy atom. The average molecular weight is 301 g/mol. The van der Waals surface area contributed by atoms with Gasteiger partial charge in [0.2, 0.25) is 0 Å². The lowest BCUT2D eigenvalue weighted by Gasteiger charge is -2.25. The molecule has 0 spiro atoms. The minimum absolute atomic E-state index is 0.0986. The van der Waals surface area contributed by atoms with E-state index in [1.807, 2.05) is 0 Å². The number of hydrogen-bond acceptors (Lipinski definition) is 4. The van der Waals surface area contributed by atoms with Crippen LogP contribution in [0.3, 0.4) is 0 Å². The van der Waals surface area contributed by atoms with E-state index in [0.29, 0.717) is 17.7 Å². The summed E-state index contributed by atoms with van der Waals surface area (Å²) < 4.78 is 31.3. The molecule has 2 unspecified atom stereocenters. The lowest BCUT2D eigenvalue weighted by atomic mass is 9.98. The molecule has 1 aliphatic rings. The second-order valence-corrected chi connectivity index (χ2v) is 6.22. The summed E-state index contributed by atoms with van der Waals surface area (Å²) >= 11 is 1.34. The van der Waals surface area contributed by atoms with Crippen LogP contribution in [-0.4, -0.2) is 30.9 Å². The Labute approximate surface area is 121 Å². The number of carbonyl (C=O) groups excluding carboxylic acids is 1. The molecule has 0 heterocycles. The van der Waals surface area contributed by atoms with Crippen LogP contribution in [0.5, 0.6) is 0 Å². The Morgan fingerprint density at radius 2 is 2.25 bits per heavy atom. The van der Waals surface area contributed by atoms with Gasteiger partial charge in [-0.15, -0.1) is 11.8 Å². The molecule has 2 rings (SSSR count). The summed E-state index contributed by atoms with van der Waals surface area (Å²) in [5.74, 6) is -1.44. The normalized spacial score (nSPS) is 25.7. The third kappa shape index (κ3) is 2.96. The molecule has 1 saturated carbocycles. The molecular weight excluding hydrogens is 284 g/mol. The number of carbonyl (C=O) groups is 1. The van der Waals surface area contributed by atoms with E-state index in [0.717, 1.165) is 12.5 Å². The van der Waals surface area contributed by atoms with E-state index in [9.17, 15) is 13.6 Å². The zero-order chi connectivity index (χ0) is 14.8. The zero-order valence-corrected chi connectivity index (χ0v) is 12.2. The van der Waals surface area contributed by atoms with Gasteiger partial charge in [-0.05, 0) is 38.4 Å². The molecule has 0 aromatic heterocycles. The van der Waals surface area contributed by atoms with Crippen molar-refractivity contribution in [3.8, 4) is 0 Å². The second kappa shape index (κ2) is 6.10. The summed E-state index contributed by atoms with van der Waals surface area (Å²) in [6.45, 7) is 0. The molecule has 0 bridgehead atoms. The molecule has 20 heavy (non-hydrogen) atoms. The van der Waals surface area contributed by atoms with Crippen molar-refractivity contribution in [3.05, 3.63) is 29.8 Å². The van der Waals surface area contributed by atoms with Crippen LogP contribution in [0, 0.1) is 11.6 Å². The van der Waals surface area contributed by atoms with Gasteiger partial charge in [-0.25, -0.2) is 8.78 Å². The van der Waals surface area contributed by atoms with Crippen LogP contribution < -0.4 is 5.32 Å². The molecule has 0 radical (unpaired) electrons. The summed E-state index contributed by atoms with van der Waals surface area (Å²) in [6.07, 6.45) is 1.99. The van der Waals surface area contributed by atoms with Crippen molar-refractivity contribution in [2.24, 2.45) is 0 Å². The van der Waals surface area contributed by atoms with E-state index in [-0.39, 0.29) is 11.2 Å². The van der Waals surface area contributed by atoms with Crippen molar-refractivity contribution in [2.75, 3.05) is 14.2 Å². The second-order valence-electron chi connectivity index (χ2n) is 4.88. The maximum Gasteiger partial charge on any atom is 0.326 e. The van der Waals surface area contributed by atoms with Gasteiger partial charge in [0.05, 0.1) is 7.11 Å². The SMILES string of the molecule is CNC1(C(=O)OC)CCC(Sc2ccc(F)cc2F)C1. The van der Waals surface area contributed by atoms with E-state index in [2.05, 4.69) is 5.32 Å². The molecule has 1 N–H and O–H groups in total. The number of likely N-dealkylation sites (N-methyl/N-ethyl adjacent to an activating group) is 1. The number of methoxy groups -OCH3 is 1. The number of rotatable bonds is 4. The first-order chi connectivity index (χ1) is 9.50. The van der Waals surface area contributed by atoms with Gasteiger partial charge in [-0.2, -0.15) is 0 Å². The van der Waals surface area contributed by atoms with Crippen molar-refractivity contribution >= 4 is 17.7 Å². The van der Waals surface area contributed by atoms with Gasteiger partial charge in [-0.1, -0.05) is 0 Å². The van der Waals surface area contributed by atoms with E-state index in [4.69, 9.17) is 4.74 Å². The highest BCUT2D eigenvalue weighted by Gasteiger charge is 2.45. The summed E-state index contributed by atoms with van der Waals surface area (Å²) in [4.78, 5) is 12.3. The summed E-state index contributed by atoms with van der Waals surface area (Å²) in [5.41, 5.74) is -0.692. The van der Waals surface area contributed by atoms with Crippen molar-refractivity contribution in [3.63, 3.8) is 0 Å². The number of halogens is 2. The van der Waals surface area contributed by atoms with Crippen LogP contribution >= 0.6 is 11.8 Å². The molecule has 0 aliphatic heterocycles. The molecule has 3 nitrogen and oxygen atoms in total. The molecule has 0 saturated heterocycles. The molecule has 1 aromatic carbocycles. The van der Waals surface area contributed by atoms with E-state index in [1.54, 1.807) is 7.05 Å². The fraction of sp³-hybridized carbons (Fsp3) is 0.500. The van der Waals surface area contributed by atoms with Gasteiger partial charge < -0.3 is 10.1 Å². The van der Waals surface area contributed by atoms with Crippen molar-refractivity contribution in [1.82, 2.24) is 5.32 Å². The number of ether oxygens (including phenoxy) is 1. The number of esters is 1. The molecule has 110 valence electrons. The Hall–Kier alpha value is -1.14. The monoisotopic (exact) mass is 301 g/mol. The van der Waals surface area contributed by atoms with E-state index < -0.39 is 17.2 Å². The van der Waals surface area contributed by atoms with Crippen LogP contribution in [0.2, 0.25) is 0 Å². The van der Waals surface area contributed by atoms with Crippen LogP contribution in [-0.2, 0) is 9.53 Å². The summed E-state index contributed by atoms with van der Waals surface area (Å²) in [5, 5.41) is 3.12. The first-order valence-corrected chi connectivity index (χ1v) is 7.28. The topological polar surface area (TPSA) is 38.3 Å². The van der Waals surface area contributed by atoms with Crippen LogP contribution in [0.25, 0.3) is 0 Å². The van der Waals surface area contributed by atoms with Gasteiger partial charge in [0.1, 0.15) is 17.2 Å². The van der Waals surface area contributed by atoms with Crippen LogP contribution in [0.1, 0.15) is 19.3 Å². The number of hydrogen-bond donors (Lipinski definition) is 1. The Balaban J connectivity index is 2.08. The molecular formula is C14H17F2NO2S. The minimum Gasteiger partial charge on any atom is -0.468 e. The number of nitrogens with one attached hydrogen (secondary N) is 1. The Bertz CT molecular complexity index is 512. The standard InChI is InChI=1S/C14H17F2NO2S/c1-17-14(13(18)19-2)6-5-10(8-14)20-12-4-3-9(15)7-11(12)16/h3-4,7,10,17H,5-6,8H2,1-2H3. The average Bonchev–Trinajstić information content (AvgIpc) is 2.86. The fourth-order valence-electron chi connectivity index (χ4n) is 2.56. The van der Waals surface area contributed by atoms with Crippen molar-refractivity contribution in [1.29, 1.82) is 0 Å². The molecule has 1 aliphatic carbocycles. The maximum atomic E-state index is 13.6. The highest BCUT2D eigenvalue weighted by atomic mass is 32.2. The molecule has 2 atom stereocenters. The third-order valence-electron chi connectivity index (χ3n) is 3.71. The first kappa shape index (κ1) is 15.3. The number of benzene rings is 1. The third-order valence-corrected chi connectivity index (χ3v) is 5.03. The largest absolute Gasteiger partial charge is 0.468 e. The Kier molecular flexibility index (Phi) is 4.65. The summed E-state index contributed by atoms with van der Waals surface area (Å²) in [7, 11) is 3.09. The highest BCUT2D eigenvalue weighted by molar-refractivity contribution is 8.00. The van der Waals surface area contributed by atoms with Gasteiger partial charge >= 0.3 is 5.97 Å². The molecule has 6 heteroatoms. The van der Waals surface area contributed by atoms with Crippen LogP contribution in [0.4, 0.5) is 8.78 Å². The van der Waals surface area contributed by atoms with Crippen molar-refractivity contribution < 1.29 is 18.3 Å². The highest BCUT2D eigenvalue weighted by Crippen LogP contribution is 2.41. The van der Waals surface area contributed by atoms with Crippen LogP contribution in [0.15, 0.2) is 23.1 Å². The van der Waals surface area contributed by atoms with E-state index in [1.165, 1.54) is 31.0 Å². The fourth-order valence-corrected chi connectivity index (χ4v) is 3.84. The predicted octanol–water partition coefficient (Wildman–Crippen LogP) is 2.74. The molecule has 1 aromatic rings. The Morgan fingerprint density at radius 1 is 1.50 bits per heavy atom. The number of thioether (sulfide) groups is 1. The molecule has 0 amide bonds. The predicted molar refractivity (Wildman–Crippen MR) is 73.7 cm³/mol. The minimum atomic E-state index is -0.692. The smallest absolute Gasteiger partial charge is 0.326 e. The zero-order valence-electron chi connectivity index (χ0n) is 11.4. The molecule has 1 fully saturated rings. The van der Waals surface area contributed by atoms with Gasteiger partial charge in [0, 0.05) is 16.2 Å². The first-order valence-electron chi connectivity index (χ1n) is 6.40. The lowest BCUT2D eigenvalue weighted by Crippen LogP contribution is -2.49. The lowest BCUT2D eigenvalue weighted by molar-refractivity contribution is -0.148.